The van der Waals surface area contributed by atoms with Gasteiger partial charge < -0.3 is 5.11 Å². The van der Waals surface area contributed by atoms with E-state index in [1.54, 1.807) is 17.0 Å². The molecule has 1 unspecified atom stereocenters. The third-order valence-electron chi connectivity index (χ3n) is 7.97. The summed E-state index contributed by atoms with van der Waals surface area (Å²) in [5.41, 5.74) is 2.34. The first-order valence-electron chi connectivity index (χ1n) is 14.3. The second kappa shape index (κ2) is 13.2. The van der Waals surface area contributed by atoms with E-state index in [1.807, 2.05) is 6.07 Å². The molecule has 3 aromatic rings. The van der Waals surface area contributed by atoms with Gasteiger partial charge in [-0.15, -0.1) is 0 Å². The number of amides is 1. The summed E-state index contributed by atoms with van der Waals surface area (Å²) < 4.78 is 13.4. The molecule has 217 valence electrons. The van der Waals surface area contributed by atoms with Gasteiger partial charge in [0.15, 0.2) is 0 Å². The predicted molar refractivity (Wildman–Crippen MR) is 157 cm³/mol. The number of anilines is 1. The number of hydrogen-bond donors (Lipinski definition) is 1. The van der Waals surface area contributed by atoms with Crippen molar-refractivity contribution in [3.8, 4) is 23.2 Å². The Morgan fingerprint density at radius 1 is 1.10 bits per heavy atom. The van der Waals surface area contributed by atoms with Crippen molar-refractivity contribution in [2.24, 2.45) is 0 Å². The van der Waals surface area contributed by atoms with Crippen LogP contribution in [0.5, 0.6) is 5.75 Å². The molecule has 1 amide bonds. The van der Waals surface area contributed by atoms with Crippen molar-refractivity contribution in [3.05, 3.63) is 54.4 Å². The standard InChI is InChI=1S/C30H33AsN7O4/c32-15-22-14-21(3-8-27(22)42-26-2-1-9-38(16-26)28(40)17-39)29-33-20-34-30(35-29)31-23-4-6-24(7-5-23)36-10-12-37(13-11-36)25-18-41-19-25/h3-8,14,20,25-26,39H,1-2,9-13,16-19H2. The number of hydrogen-bond acceptors (Lipinski definition) is 10. The second-order valence-corrected chi connectivity index (χ2v) is 13.0. The Morgan fingerprint density at radius 2 is 1.90 bits per heavy atom. The first-order chi connectivity index (χ1) is 20.6. The maximum absolute atomic E-state index is 11.9. The van der Waals surface area contributed by atoms with E-state index in [0.29, 0.717) is 41.8 Å². The molecule has 1 N–H and O–H groups in total. The molecule has 0 bridgehead atoms. The molecule has 42 heavy (non-hydrogen) atoms. The van der Waals surface area contributed by atoms with Crippen molar-refractivity contribution in [1.82, 2.24) is 24.8 Å². The quantitative estimate of drug-likeness (QED) is 0.339. The van der Waals surface area contributed by atoms with Crippen LogP contribution in [0.1, 0.15) is 18.4 Å². The molecule has 2 aromatic carbocycles. The summed E-state index contributed by atoms with van der Waals surface area (Å²) in [6, 6.07) is 16.9. The number of carbonyl (C=O) groups excluding carboxylic acids is 1. The van der Waals surface area contributed by atoms with Gasteiger partial charge >= 0.3 is 236 Å². The van der Waals surface area contributed by atoms with Crippen molar-refractivity contribution in [2.75, 3.05) is 64.0 Å². The minimum absolute atomic E-state index is 0.238. The van der Waals surface area contributed by atoms with Crippen LogP contribution in [0.4, 0.5) is 5.69 Å². The van der Waals surface area contributed by atoms with Crippen LogP contribution in [-0.4, -0.2) is 123 Å². The number of aromatic nitrogens is 3. The number of likely N-dealkylation sites (tertiary alicyclic amines) is 1. The number of piperidine rings is 1. The Balaban J connectivity index is 1.08. The molecule has 1 radical (unpaired) electrons. The van der Waals surface area contributed by atoms with Crippen molar-refractivity contribution < 1.29 is 19.4 Å². The molecule has 1 aromatic heterocycles. The van der Waals surface area contributed by atoms with Gasteiger partial charge in [0, 0.05) is 0 Å². The molecule has 3 aliphatic rings. The number of nitriles is 1. The molecule has 1 atom stereocenters. The fourth-order valence-electron chi connectivity index (χ4n) is 5.51. The molecule has 0 spiro atoms. The molecule has 0 aliphatic carbocycles. The van der Waals surface area contributed by atoms with Crippen LogP contribution in [0.2, 0.25) is 0 Å². The normalized spacial score (nSPS) is 20.0. The van der Waals surface area contributed by atoms with Gasteiger partial charge in [-0.25, -0.2) is 0 Å². The fourth-order valence-corrected chi connectivity index (χ4v) is 7.16. The van der Waals surface area contributed by atoms with Gasteiger partial charge in [0.2, 0.25) is 0 Å². The molecular weight excluding hydrogens is 597 g/mol. The van der Waals surface area contributed by atoms with E-state index in [0.717, 1.165) is 56.8 Å². The molecule has 12 heteroatoms. The Labute approximate surface area is 251 Å². The van der Waals surface area contributed by atoms with Crippen LogP contribution >= 0.6 is 0 Å². The number of carbonyl (C=O) groups is 1. The summed E-state index contributed by atoms with van der Waals surface area (Å²) in [4.78, 5) is 32.0. The molecule has 11 nitrogen and oxygen atoms in total. The number of nitrogens with zero attached hydrogens (tertiary/aromatic N) is 7. The van der Waals surface area contributed by atoms with Crippen molar-refractivity contribution >= 4 is 36.3 Å². The molecule has 3 aliphatic heterocycles. The molecule has 3 fully saturated rings. The monoisotopic (exact) mass is 630 g/mol. The number of benzene rings is 2. The molecule has 0 saturated carbocycles. The zero-order chi connectivity index (χ0) is 28.9. The summed E-state index contributed by atoms with van der Waals surface area (Å²) in [7, 11) is 0. The predicted octanol–water partition coefficient (Wildman–Crippen LogP) is -0.0518. The zero-order valence-corrected chi connectivity index (χ0v) is 25.2. The van der Waals surface area contributed by atoms with Gasteiger partial charge in [-0.05, 0) is 0 Å². The Bertz CT molecular complexity index is 1440. The Morgan fingerprint density at radius 3 is 2.62 bits per heavy atom. The SMILES string of the molecule is N#Cc1cc(-c2ncnc([As]c3ccc(N4CCN(C5COC5)CC4)cc3)n2)ccc1OC1CCCN(C(=O)CO)C1. The first-order valence-corrected chi connectivity index (χ1v) is 16.1. The first kappa shape index (κ1) is 28.6. The van der Waals surface area contributed by atoms with Crippen LogP contribution in [0.15, 0.2) is 48.8 Å². The van der Waals surface area contributed by atoms with Gasteiger partial charge in [-0.1, -0.05) is 0 Å². The van der Waals surface area contributed by atoms with Gasteiger partial charge in [-0.3, -0.25) is 4.79 Å². The van der Waals surface area contributed by atoms with E-state index < -0.39 is 22.4 Å². The average Bonchev–Trinajstić information content (AvgIpc) is 3.01. The molecular formula is C30H33AsN7O4. The van der Waals surface area contributed by atoms with Crippen LogP contribution in [-0.2, 0) is 9.53 Å². The fraction of sp³-hybridized carbons (Fsp3) is 0.433. The molecule has 4 heterocycles. The number of ether oxygens (including phenoxy) is 2. The van der Waals surface area contributed by atoms with E-state index in [1.165, 1.54) is 16.4 Å². The van der Waals surface area contributed by atoms with Gasteiger partial charge in [0.05, 0.1) is 0 Å². The minimum atomic E-state index is -0.513. The summed E-state index contributed by atoms with van der Waals surface area (Å²) in [5.74, 6) is 0.669. The summed E-state index contributed by atoms with van der Waals surface area (Å²) >= 11 is -0.433. The van der Waals surface area contributed by atoms with Crippen LogP contribution < -0.4 is 18.6 Å². The Kier molecular flexibility index (Phi) is 8.96. The van der Waals surface area contributed by atoms with Gasteiger partial charge in [0.1, 0.15) is 6.61 Å². The van der Waals surface area contributed by atoms with E-state index in [4.69, 9.17) is 14.5 Å². The summed E-state index contributed by atoms with van der Waals surface area (Å²) in [6.45, 7) is 6.40. The number of aliphatic hydroxyl groups excluding tert-OH is 1. The van der Waals surface area contributed by atoms with E-state index >= 15 is 0 Å². The zero-order valence-electron chi connectivity index (χ0n) is 23.3. The summed E-state index contributed by atoms with van der Waals surface area (Å²) in [6.07, 6.45) is 2.84. The summed E-state index contributed by atoms with van der Waals surface area (Å²) in [5, 5.41) is 19.0. The van der Waals surface area contributed by atoms with Crippen LogP contribution in [0.25, 0.3) is 11.4 Å². The van der Waals surface area contributed by atoms with E-state index in [2.05, 4.69) is 50.1 Å². The number of aliphatic hydroxyl groups is 1. The maximum atomic E-state index is 11.9. The molecule has 3 saturated heterocycles. The number of piperazine rings is 1. The van der Waals surface area contributed by atoms with Crippen LogP contribution in [0, 0.1) is 11.3 Å². The van der Waals surface area contributed by atoms with Crippen molar-refractivity contribution in [1.29, 1.82) is 5.26 Å². The van der Waals surface area contributed by atoms with E-state index in [9.17, 15) is 15.2 Å². The number of rotatable bonds is 8. The van der Waals surface area contributed by atoms with Gasteiger partial charge in [0.25, 0.3) is 0 Å². The third-order valence-corrected chi connectivity index (χ3v) is 10.0. The molecule has 6 rings (SSSR count). The average molecular weight is 631 g/mol. The Hall–Kier alpha value is -3.55. The second-order valence-electron chi connectivity index (χ2n) is 10.7. The topological polar surface area (TPSA) is 128 Å². The van der Waals surface area contributed by atoms with E-state index in [-0.39, 0.29) is 12.0 Å². The van der Waals surface area contributed by atoms with Gasteiger partial charge in [-0.2, -0.15) is 0 Å². The third kappa shape index (κ3) is 6.58. The van der Waals surface area contributed by atoms with Crippen molar-refractivity contribution in [2.45, 2.75) is 25.0 Å². The van der Waals surface area contributed by atoms with Crippen molar-refractivity contribution in [3.63, 3.8) is 0 Å². The van der Waals surface area contributed by atoms with Crippen LogP contribution in [0.3, 0.4) is 0 Å².